The quantitative estimate of drug-likeness (QED) is 0.0749. The van der Waals surface area contributed by atoms with E-state index in [9.17, 15) is 4.57 Å². The average molecular weight is 729 g/mol. The van der Waals surface area contributed by atoms with Crippen LogP contribution >= 0.6 is 89.0 Å². The van der Waals surface area contributed by atoms with Gasteiger partial charge in [0.05, 0.1) is 36.9 Å². The number of aryl methyl sites for hydroxylation is 1. The van der Waals surface area contributed by atoms with Crippen molar-refractivity contribution in [3.8, 4) is 17.6 Å². The molecule has 3 rings (SSSR count). The Bertz CT molecular complexity index is 1490. The second kappa shape index (κ2) is 14.2. The molecule has 3 aromatic heterocycles. The number of hydrogen-bond donors (Lipinski definition) is 1. The third kappa shape index (κ3) is 10.1. The average Bonchev–Trinajstić information content (AvgIpc) is 3.20. The molecule has 0 radical (unpaired) electrons. The lowest BCUT2D eigenvalue weighted by atomic mass is 10.1. The summed E-state index contributed by atoms with van der Waals surface area (Å²) in [5, 5.41) is 0.622. The Balaban J connectivity index is 1.82. The Hall–Kier alpha value is -0.930. The van der Waals surface area contributed by atoms with E-state index in [2.05, 4.69) is 26.8 Å². The van der Waals surface area contributed by atoms with E-state index in [1.807, 2.05) is 18.4 Å². The topological polar surface area (TPSA) is 124 Å². The molecule has 10 nitrogen and oxygen atoms in total. The highest BCUT2D eigenvalue weighted by atomic mass is 35.6. The number of anilines is 1. The number of pyridine rings is 1. The van der Waals surface area contributed by atoms with Crippen LogP contribution in [0, 0.1) is 25.7 Å². The van der Waals surface area contributed by atoms with E-state index in [0.29, 0.717) is 23.1 Å². The van der Waals surface area contributed by atoms with Gasteiger partial charge in [0.2, 0.25) is 13.5 Å². The third-order valence-electron chi connectivity index (χ3n) is 5.23. The fourth-order valence-electron chi connectivity index (χ4n) is 3.55. The van der Waals surface area contributed by atoms with Gasteiger partial charge in [0, 0.05) is 29.9 Å². The Morgan fingerprint density at radius 2 is 1.68 bits per heavy atom. The number of hydrogen-bond acceptors (Lipinski definition) is 9. The monoisotopic (exact) mass is 725 g/mol. The minimum absolute atomic E-state index is 0.00129. The molecule has 224 valence electrons. The predicted molar refractivity (Wildman–Crippen MR) is 164 cm³/mol. The van der Waals surface area contributed by atoms with E-state index in [4.69, 9.17) is 105 Å². The van der Waals surface area contributed by atoms with E-state index in [0.717, 1.165) is 22.6 Å². The van der Waals surface area contributed by atoms with E-state index in [1.165, 1.54) is 0 Å². The molecule has 0 aliphatic heterocycles. The number of phosphoric ester groups is 1. The van der Waals surface area contributed by atoms with Gasteiger partial charge in [-0.3, -0.25) is 18.6 Å². The molecule has 0 amide bonds. The number of rotatable bonds is 10. The van der Waals surface area contributed by atoms with Gasteiger partial charge >= 0.3 is 7.82 Å². The molecule has 0 unspecified atom stereocenters. The summed E-state index contributed by atoms with van der Waals surface area (Å²) in [7, 11) is -2.67. The van der Waals surface area contributed by atoms with Crippen molar-refractivity contribution < 1.29 is 22.9 Å². The molecule has 0 spiro atoms. The molecule has 0 saturated heterocycles. The number of phosphoric acid groups is 1. The van der Waals surface area contributed by atoms with Crippen molar-refractivity contribution in [3.05, 3.63) is 39.9 Å². The molecule has 0 fully saturated rings. The molecule has 0 aliphatic carbocycles. The van der Waals surface area contributed by atoms with Gasteiger partial charge in [-0.05, 0) is 13.8 Å². The lowest BCUT2D eigenvalue weighted by Crippen LogP contribution is -2.17. The molecule has 18 heteroatoms. The molecule has 0 aromatic carbocycles. The molecule has 0 atom stereocenters. The van der Waals surface area contributed by atoms with Gasteiger partial charge in [-0.25, -0.2) is 9.55 Å². The van der Waals surface area contributed by atoms with Crippen LogP contribution in [-0.4, -0.2) is 54.0 Å². The van der Waals surface area contributed by atoms with E-state index >= 15 is 0 Å². The van der Waals surface area contributed by atoms with Crippen molar-refractivity contribution in [2.24, 2.45) is 0 Å². The number of fused-ring (bicyclic) bond motifs is 1. The SMILES string of the molecule is COc1c(C)cnc(Cn2cc(C#CCCOP(=O)(OCC(Cl)(Cl)Cl)OCC(Cl)(Cl)Cl)c3c(Cl)nc(N)nc32)c1C. The second-order valence-corrected chi connectivity index (χ2v) is 15.5. The number of aromatic nitrogens is 4. The number of alkyl halides is 6. The maximum Gasteiger partial charge on any atom is 0.475 e. The second-order valence-electron chi connectivity index (χ2n) is 8.40. The van der Waals surface area contributed by atoms with Gasteiger partial charge in [-0.1, -0.05) is 93.0 Å². The Morgan fingerprint density at radius 3 is 2.27 bits per heavy atom. The van der Waals surface area contributed by atoms with Gasteiger partial charge in [0.1, 0.15) is 29.8 Å². The summed E-state index contributed by atoms with van der Waals surface area (Å²) in [5.41, 5.74) is 9.40. The number of ether oxygens (including phenoxy) is 1. The van der Waals surface area contributed by atoms with E-state index < -0.39 is 28.6 Å². The summed E-state index contributed by atoms with van der Waals surface area (Å²) in [6.45, 7) is 2.75. The fraction of sp³-hybridized carbons (Fsp3) is 0.435. The lowest BCUT2D eigenvalue weighted by molar-refractivity contribution is 0.118. The lowest BCUT2D eigenvalue weighted by Gasteiger charge is -2.21. The summed E-state index contributed by atoms with van der Waals surface area (Å²) >= 11 is 40.4. The van der Waals surface area contributed by atoms with Crippen LogP contribution in [0.15, 0.2) is 12.4 Å². The number of nitrogens with zero attached hydrogens (tertiary/aromatic N) is 4. The largest absolute Gasteiger partial charge is 0.496 e. The van der Waals surface area contributed by atoms with Gasteiger partial charge in [0.25, 0.3) is 0 Å². The highest BCUT2D eigenvalue weighted by Gasteiger charge is 2.35. The van der Waals surface area contributed by atoms with Gasteiger partial charge in [0.15, 0.2) is 0 Å². The zero-order chi connectivity index (χ0) is 30.6. The van der Waals surface area contributed by atoms with Crippen LogP contribution in [0.2, 0.25) is 5.15 Å². The normalized spacial score (nSPS) is 12.4. The van der Waals surface area contributed by atoms with Crippen molar-refractivity contribution in [2.45, 2.75) is 34.4 Å². The first-order valence-corrected chi connectivity index (χ1v) is 15.6. The molecular formula is C23H23Cl7N5O5P. The summed E-state index contributed by atoms with van der Waals surface area (Å²) in [6, 6.07) is 0. The van der Waals surface area contributed by atoms with Crippen LogP contribution in [0.25, 0.3) is 11.0 Å². The van der Waals surface area contributed by atoms with E-state index in [-0.39, 0.29) is 24.1 Å². The van der Waals surface area contributed by atoms with Crippen LogP contribution in [-0.2, 0) is 24.7 Å². The first-order valence-electron chi connectivity index (χ1n) is 11.5. The smallest absolute Gasteiger partial charge is 0.475 e. The zero-order valence-corrected chi connectivity index (χ0v) is 27.9. The molecular weight excluding hydrogens is 705 g/mol. The van der Waals surface area contributed by atoms with Crippen LogP contribution in [0.4, 0.5) is 5.95 Å². The maximum atomic E-state index is 12.9. The van der Waals surface area contributed by atoms with Gasteiger partial charge in [-0.15, -0.1) is 0 Å². The summed E-state index contributed by atoms with van der Waals surface area (Å²) < 4.78 is 31.9. The van der Waals surface area contributed by atoms with Crippen molar-refractivity contribution in [2.75, 3.05) is 32.7 Å². The highest BCUT2D eigenvalue weighted by Crippen LogP contribution is 2.52. The van der Waals surface area contributed by atoms with Crippen LogP contribution in [0.1, 0.15) is 28.8 Å². The molecule has 0 saturated carbocycles. The van der Waals surface area contributed by atoms with Crippen molar-refractivity contribution in [3.63, 3.8) is 0 Å². The minimum Gasteiger partial charge on any atom is -0.496 e. The van der Waals surface area contributed by atoms with Crippen LogP contribution < -0.4 is 10.5 Å². The summed E-state index contributed by atoms with van der Waals surface area (Å²) in [5.74, 6) is 6.65. The molecule has 0 bridgehead atoms. The Kier molecular flexibility index (Phi) is 12.0. The van der Waals surface area contributed by atoms with Gasteiger partial charge < -0.3 is 15.0 Å². The first-order chi connectivity index (χ1) is 19.0. The molecule has 41 heavy (non-hydrogen) atoms. The highest BCUT2D eigenvalue weighted by molar-refractivity contribution is 7.48. The third-order valence-corrected chi connectivity index (χ3v) is 7.55. The number of methoxy groups -OCH3 is 1. The van der Waals surface area contributed by atoms with Crippen LogP contribution in [0.5, 0.6) is 5.75 Å². The van der Waals surface area contributed by atoms with E-state index in [1.54, 1.807) is 19.5 Å². The number of nitrogen functional groups attached to an aromatic ring is 1. The standard InChI is InChI=1S/C23H23Cl7N5O5P/c1-13-8-32-16(14(2)18(13)37-3)10-35-9-15(17-19(24)33-21(31)34-20(17)35)6-4-5-7-38-41(36,39-11-22(25,26)27)40-12-23(28,29)30/h8-9H,5,7,10-12H2,1-3H3,(H2,31,33,34). The summed E-state index contributed by atoms with van der Waals surface area (Å²) in [4.78, 5) is 13.0. The minimum atomic E-state index is -4.28. The fourth-order valence-corrected chi connectivity index (χ4v) is 5.85. The molecule has 3 aromatic rings. The molecule has 2 N–H and O–H groups in total. The number of halogens is 7. The van der Waals surface area contributed by atoms with Crippen molar-refractivity contribution in [1.82, 2.24) is 19.5 Å². The van der Waals surface area contributed by atoms with Crippen molar-refractivity contribution in [1.29, 1.82) is 0 Å². The van der Waals surface area contributed by atoms with Crippen molar-refractivity contribution >= 4 is 106 Å². The van der Waals surface area contributed by atoms with Crippen LogP contribution in [0.3, 0.4) is 0 Å². The first kappa shape index (κ1) is 34.6. The molecule has 0 aliphatic rings. The summed E-state index contributed by atoms with van der Waals surface area (Å²) in [6.07, 6.45) is 3.57. The Morgan fingerprint density at radius 1 is 1.05 bits per heavy atom. The molecule has 3 heterocycles. The number of nitrogens with two attached hydrogens (primary N) is 1. The zero-order valence-electron chi connectivity index (χ0n) is 21.7. The maximum absolute atomic E-state index is 12.9. The van der Waals surface area contributed by atoms with Gasteiger partial charge in [-0.2, -0.15) is 4.98 Å². The predicted octanol–water partition coefficient (Wildman–Crippen LogP) is 7.38. The Labute approximate surface area is 271 Å².